The van der Waals surface area contributed by atoms with Crippen molar-refractivity contribution in [3.8, 4) is 0 Å². The Hall–Kier alpha value is -1.34. The molecule has 2 aliphatic heterocycles. The number of amides is 2. The summed E-state index contributed by atoms with van der Waals surface area (Å²) >= 11 is 0. The van der Waals surface area contributed by atoms with Crippen LogP contribution in [0.4, 0.5) is 4.79 Å². The molecule has 0 radical (unpaired) electrons. The summed E-state index contributed by atoms with van der Waals surface area (Å²) in [5.41, 5.74) is 0. The molecule has 0 aromatic rings. The van der Waals surface area contributed by atoms with Crippen molar-refractivity contribution in [3.63, 3.8) is 0 Å². The number of aliphatic hydroxyl groups is 1. The standard InChI is InChI=1S/C11H18N2O5/c1-7-5-12(2-3-18-7)11(17)13-6-8(14)4-9(13)10(15)16/h7-9,14H,2-6H2,1H3,(H,15,16)/t7?,8?,9-/m0/s1. The zero-order valence-electron chi connectivity index (χ0n) is 10.3. The van der Waals surface area contributed by atoms with Gasteiger partial charge < -0.3 is 24.7 Å². The topological polar surface area (TPSA) is 90.3 Å². The Bertz CT molecular complexity index is 348. The molecular formula is C11H18N2O5. The highest BCUT2D eigenvalue weighted by molar-refractivity contribution is 5.83. The summed E-state index contributed by atoms with van der Waals surface area (Å²) in [5, 5.41) is 18.6. The smallest absolute Gasteiger partial charge is 0.326 e. The van der Waals surface area contributed by atoms with Crippen LogP contribution in [0.1, 0.15) is 13.3 Å². The van der Waals surface area contributed by atoms with Gasteiger partial charge in [-0.3, -0.25) is 0 Å². The minimum absolute atomic E-state index is 0.0431. The molecule has 2 aliphatic rings. The maximum Gasteiger partial charge on any atom is 0.326 e. The molecule has 2 amide bonds. The van der Waals surface area contributed by atoms with E-state index >= 15 is 0 Å². The number of β-amino-alcohol motifs (C(OH)–C–C–N with tert-alkyl or cyclic N) is 1. The number of carbonyl (C=O) groups is 2. The molecule has 2 N–H and O–H groups in total. The first kappa shape index (κ1) is 13.1. The van der Waals surface area contributed by atoms with Crippen LogP contribution < -0.4 is 0 Å². The molecule has 2 rings (SSSR count). The van der Waals surface area contributed by atoms with Crippen molar-refractivity contribution in [2.24, 2.45) is 0 Å². The molecule has 2 saturated heterocycles. The Morgan fingerprint density at radius 1 is 1.33 bits per heavy atom. The Morgan fingerprint density at radius 2 is 2.06 bits per heavy atom. The molecule has 102 valence electrons. The van der Waals surface area contributed by atoms with Gasteiger partial charge in [0.2, 0.25) is 0 Å². The number of hydrogen-bond donors (Lipinski definition) is 2. The largest absolute Gasteiger partial charge is 0.480 e. The predicted octanol–water partition coefficient (Wildman–Crippen LogP) is -0.653. The molecule has 7 heteroatoms. The molecule has 0 bridgehead atoms. The number of morpholine rings is 1. The Balaban J connectivity index is 2.05. The van der Waals surface area contributed by atoms with Crippen LogP contribution in [-0.2, 0) is 9.53 Å². The minimum Gasteiger partial charge on any atom is -0.480 e. The van der Waals surface area contributed by atoms with E-state index in [4.69, 9.17) is 9.84 Å². The van der Waals surface area contributed by atoms with Crippen LogP contribution in [0.15, 0.2) is 0 Å². The zero-order chi connectivity index (χ0) is 13.3. The van der Waals surface area contributed by atoms with E-state index in [0.29, 0.717) is 19.7 Å². The number of carboxylic acids is 1. The lowest BCUT2D eigenvalue weighted by atomic mass is 10.2. The van der Waals surface area contributed by atoms with Crippen molar-refractivity contribution in [1.29, 1.82) is 0 Å². The number of aliphatic carboxylic acids is 1. The van der Waals surface area contributed by atoms with Crippen LogP contribution in [0.5, 0.6) is 0 Å². The lowest BCUT2D eigenvalue weighted by molar-refractivity contribution is -0.141. The molecule has 7 nitrogen and oxygen atoms in total. The average molecular weight is 258 g/mol. The number of ether oxygens (including phenoxy) is 1. The van der Waals surface area contributed by atoms with Gasteiger partial charge in [0.25, 0.3) is 0 Å². The fraction of sp³-hybridized carbons (Fsp3) is 0.818. The van der Waals surface area contributed by atoms with E-state index in [2.05, 4.69) is 0 Å². The fourth-order valence-electron chi connectivity index (χ4n) is 2.43. The minimum atomic E-state index is -1.07. The van der Waals surface area contributed by atoms with E-state index in [1.807, 2.05) is 6.92 Å². The van der Waals surface area contributed by atoms with Crippen molar-refractivity contribution < 1.29 is 24.5 Å². The maximum absolute atomic E-state index is 12.2. The highest BCUT2D eigenvalue weighted by atomic mass is 16.5. The van der Waals surface area contributed by atoms with Crippen molar-refractivity contribution in [2.75, 3.05) is 26.2 Å². The van der Waals surface area contributed by atoms with E-state index in [0.717, 1.165) is 0 Å². The highest BCUT2D eigenvalue weighted by Gasteiger charge is 2.41. The SMILES string of the molecule is CC1CN(C(=O)N2CC(O)C[C@H]2C(=O)O)CCO1. The second-order valence-electron chi connectivity index (χ2n) is 4.81. The van der Waals surface area contributed by atoms with E-state index in [1.54, 1.807) is 4.90 Å². The van der Waals surface area contributed by atoms with E-state index in [9.17, 15) is 14.7 Å². The molecule has 0 spiro atoms. The van der Waals surface area contributed by atoms with Crippen LogP contribution in [0.25, 0.3) is 0 Å². The second kappa shape index (κ2) is 5.11. The van der Waals surface area contributed by atoms with Crippen LogP contribution in [0.3, 0.4) is 0 Å². The third-order valence-corrected chi connectivity index (χ3v) is 3.32. The summed E-state index contributed by atoms with van der Waals surface area (Å²) in [5.74, 6) is -1.07. The molecule has 0 saturated carbocycles. The molecule has 0 aromatic carbocycles. The normalized spacial score (nSPS) is 32.7. The molecule has 3 atom stereocenters. The van der Waals surface area contributed by atoms with Gasteiger partial charge in [-0.1, -0.05) is 0 Å². The summed E-state index contributed by atoms with van der Waals surface area (Å²) in [4.78, 5) is 26.1. The molecule has 0 aromatic heterocycles. The summed E-state index contributed by atoms with van der Waals surface area (Å²) in [6.07, 6.45) is -0.701. The number of carboxylic acid groups (broad SMARTS) is 1. The van der Waals surface area contributed by atoms with Gasteiger partial charge in [-0.15, -0.1) is 0 Å². The average Bonchev–Trinajstić information content (AvgIpc) is 2.70. The molecule has 2 unspecified atom stereocenters. The molecule has 0 aliphatic carbocycles. The zero-order valence-corrected chi connectivity index (χ0v) is 10.3. The number of nitrogens with zero attached hydrogens (tertiary/aromatic N) is 2. The third-order valence-electron chi connectivity index (χ3n) is 3.32. The molecule has 2 fully saturated rings. The summed E-state index contributed by atoms with van der Waals surface area (Å²) in [7, 11) is 0. The number of likely N-dealkylation sites (tertiary alicyclic amines) is 1. The molecule has 18 heavy (non-hydrogen) atoms. The predicted molar refractivity (Wildman–Crippen MR) is 61.1 cm³/mol. The first-order chi connectivity index (χ1) is 8.49. The Morgan fingerprint density at radius 3 is 2.67 bits per heavy atom. The summed E-state index contributed by atoms with van der Waals surface area (Å²) < 4.78 is 5.34. The van der Waals surface area contributed by atoms with Crippen LogP contribution in [0, 0.1) is 0 Å². The van der Waals surface area contributed by atoms with Crippen molar-refractivity contribution in [2.45, 2.75) is 31.6 Å². The van der Waals surface area contributed by atoms with Crippen LogP contribution >= 0.6 is 0 Å². The monoisotopic (exact) mass is 258 g/mol. The van der Waals surface area contributed by atoms with E-state index in [-0.39, 0.29) is 25.1 Å². The summed E-state index contributed by atoms with van der Waals surface area (Å²) in [6.45, 7) is 3.33. The van der Waals surface area contributed by atoms with Gasteiger partial charge in [-0.25, -0.2) is 9.59 Å². The number of carbonyl (C=O) groups excluding carboxylic acids is 1. The number of urea groups is 1. The van der Waals surface area contributed by atoms with Gasteiger partial charge in [0.15, 0.2) is 0 Å². The van der Waals surface area contributed by atoms with Gasteiger partial charge in [-0.2, -0.15) is 0 Å². The van der Waals surface area contributed by atoms with Gasteiger partial charge in [0, 0.05) is 26.1 Å². The fourth-order valence-corrected chi connectivity index (χ4v) is 2.43. The van der Waals surface area contributed by atoms with Crippen molar-refractivity contribution in [3.05, 3.63) is 0 Å². The number of rotatable bonds is 1. The van der Waals surface area contributed by atoms with Gasteiger partial charge in [0.05, 0.1) is 18.8 Å². The molecular weight excluding hydrogens is 240 g/mol. The molecule has 2 heterocycles. The van der Waals surface area contributed by atoms with Crippen molar-refractivity contribution >= 4 is 12.0 Å². The highest BCUT2D eigenvalue weighted by Crippen LogP contribution is 2.21. The maximum atomic E-state index is 12.2. The van der Waals surface area contributed by atoms with Crippen LogP contribution in [-0.4, -0.2) is 76.5 Å². The Kier molecular flexibility index (Phi) is 3.72. The van der Waals surface area contributed by atoms with E-state index < -0.39 is 18.1 Å². The first-order valence-corrected chi connectivity index (χ1v) is 6.07. The first-order valence-electron chi connectivity index (χ1n) is 6.07. The lowest BCUT2D eigenvalue weighted by Crippen LogP contribution is -2.53. The summed E-state index contributed by atoms with van der Waals surface area (Å²) in [6, 6.07) is -1.25. The van der Waals surface area contributed by atoms with Gasteiger partial charge in [0.1, 0.15) is 6.04 Å². The Labute approximate surface area is 105 Å². The quantitative estimate of drug-likeness (QED) is 0.652. The van der Waals surface area contributed by atoms with Gasteiger partial charge >= 0.3 is 12.0 Å². The van der Waals surface area contributed by atoms with Gasteiger partial charge in [-0.05, 0) is 6.92 Å². The second-order valence-corrected chi connectivity index (χ2v) is 4.81. The van der Waals surface area contributed by atoms with Crippen LogP contribution in [0.2, 0.25) is 0 Å². The van der Waals surface area contributed by atoms with Crippen molar-refractivity contribution in [1.82, 2.24) is 9.80 Å². The number of aliphatic hydroxyl groups excluding tert-OH is 1. The lowest BCUT2D eigenvalue weighted by Gasteiger charge is -2.35. The third kappa shape index (κ3) is 2.56. The number of hydrogen-bond acceptors (Lipinski definition) is 4. The van der Waals surface area contributed by atoms with E-state index in [1.165, 1.54) is 4.90 Å².